The van der Waals surface area contributed by atoms with Gasteiger partial charge in [0.25, 0.3) is 0 Å². The van der Waals surface area contributed by atoms with Gasteiger partial charge in [-0.15, -0.1) is 11.8 Å². The second kappa shape index (κ2) is 6.21. The van der Waals surface area contributed by atoms with Crippen LogP contribution in [0.4, 0.5) is 5.82 Å². The van der Waals surface area contributed by atoms with Gasteiger partial charge in [0.2, 0.25) is 0 Å². The van der Waals surface area contributed by atoms with E-state index in [-0.39, 0.29) is 0 Å². The van der Waals surface area contributed by atoms with Crippen LogP contribution < -0.4 is 4.90 Å². The van der Waals surface area contributed by atoms with E-state index in [1.165, 1.54) is 0 Å². The van der Waals surface area contributed by atoms with Crippen LogP contribution in [0.15, 0.2) is 17.4 Å². The molecule has 1 aromatic heterocycles. The summed E-state index contributed by atoms with van der Waals surface area (Å²) in [6.07, 6.45) is 1.66. The Bertz CT molecular complexity index is 353. The number of ether oxygens (including phenoxy) is 1. The van der Waals surface area contributed by atoms with Crippen LogP contribution in [0.2, 0.25) is 0 Å². The van der Waals surface area contributed by atoms with E-state index >= 15 is 0 Å². The fourth-order valence-corrected chi connectivity index (χ4v) is 2.44. The molecule has 0 spiro atoms. The molecule has 5 heteroatoms. The lowest BCUT2D eigenvalue weighted by molar-refractivity contribution is 0.122. The monoisotopic (exact) mass is 253 g/mol. The number of aromatic nitrogens is 2. The van der Waals surface area contributed by atoms with E-state index in [0.29, 0.717) is 5.92 Å². The van der Waals surface area contributed by atoms with Crippen molar-refractivity contribution < 1.29 is 4.74 Å². The minimum Gasteiger partial charge on any atom is -0.378 e. The quantitative estimate of drug-likeness (QED) is 0.606. The molecule has 0 aromatic carbocycles. The van der Waals surface area contributed by atoms with Gasteiger partial charge in [-0.3, -0.25) is 0 Å². The Labute approximate surface area is 107 Å². The highest BCUT2D eigenvalue weighted by Gasteiger charge is 2.13. The zero-order valence-corrected chi connectivity index (χ0v) is 11.2. The topological polar surface area (TPSA) is 38.2 Å². The lowest BCUT2D eigenvalue weighted by atomic mass is 10.3. The normalized spacial score (nSPS) is 16.5. The number of hydrogen-bond donors (Lipinski definition) is 0. The molecular formula is C12H19N3OS. The van der Waals surface area contributed by atoms with E-state index in [2.05, 4.69) is 34.8 Å². The second-order valence-corrected chi connectivity index (χ2v) is 5.56. The second-order valence-electron chi connectivity index (χ2n) is 4.52. The van der Waals surface area contributed by atoms with Crippen molar-refractivity contribution in [2.24, 2.45) is 5.92 Å². The zero-order valence-electron chi connectivity index (χ0n) is 10.4. The van der Waals surface area contributed by atoms with Crippen molar-refractivity contribution in [2.45, 2.75) is 18.9 Å². The number of nitrogens with zero attached hydrogens (tertiary/aromatic N) is 3. The van der Waals surface area contributed by atoms with Crippen LogP contribution in [0.1, 0.15) is 13.8 Å². The Morgan fingerprint density at radius 3 is 2.82 bits per heavy atom. The van der Waals surface area contributed by atoms with Crippen LogP contribution in [0, 0.1) is 5.92 Å². The summed E-state index contributed by atoms with van der Waals surface area (Å²) in [7, 11) is 0. The molecule has 2 rings (SSSR count). The summed E-state index contributed by atoms with van der Waals surface area (Å²) in [4.78, 5) is 10.9. The van der Waals surface area contributed by atoms with Crippen molar-refractivity contribution >= 4 is 17.6 Å². The van der Waals surface area contributed by atoms with Crippen molar-refractivity contribution in [2.75, 3.05) is 37.0 Å². The van der Waals surface area contributed by atoms with E-state index in [0.717, 1.165) is 42.9 Å². The molecule has 0 bridgehead atoms. The maximum absolute atomic E-state index is 5.34. The van der Waals surface area contributed by atoms with Crippen LogP contribution in [0.5, 0.6) is 0 Å². The largest absolute Gasteiger partial charge is 0.378 e. The van der Waals surface area contributed by atoms with Gasteiger partial charge in [0.05, 0.1) is 13.2 Å². The first-order valence-electron chi connectivity index (χ1n) is 6.03. The van der Waals surface area contributed by atoms with E-state index < -0.39 is 0 Å². The molecule has 1 aliphatic heterocycles. The van der Waals surface area contributed by atoms with Gasteiger partial charge in [0.1, 0.15) is 17.2 Å². The molecule has 1 aliphatic rings. The zero-order chi connectivity index (χ0) is 12.1. The summed E-state index contributed by atoms with van der Waals surface area (Å²) in [5, 5.41) is 1.06. The standard InChI is InChI=1S/C12H19N3OS/c1-10(2)8-17-12-7-11(13-9-14-12)15-3-5-16-6-4-15/h7,9-10H,3-6,8H2,1-2H3. The van der Waals surface area contributed by atoms with Crippen LogP contribution in [-0.4, -0.2) is 42.0 Å². The first-order valence-corrected chi connectivity index (χ1v) is 7.02. The van der Waals surface area contributed by atoms with E-state index in [4.69, 9.17) is 4.74 Å². The minimum absolute atomic E-state index is 0.682. The van der Waals surface area contributed by atoms with Gasteiger partial charge in [0.15, 0.2) is 0 Å². The number of hydrogen-bond acceptors (Lipinski definition) is 5. The van der Waals surface area contributed by atoms with Crippen molar-refractivity contribution in [3.63, 3.8) is 0 Å². The lowest BCUT2D eigenvalue weighted by Crippen LogP contribution is -2.36. The van der Waals surface area contributed by atoms with Gasteiger partial charge in [-0.25, -0.2) is 9.97 Å². The summed E-state index contributed by atoms with van der Waals surface area (Å²) in [6.45, 7) is 7.86. The third-order valence-corrected chi connectivity index (χ3v) is 3.88. The molecule has 0 amide bonds. The van der Waals surface area contributed by atoms with Gasteiger partial charge in [-0.05, 0) is 5.92 Å². The minimum atomic E-state index is 0.682. The lowest BCUT2D eigenvalue weighted by Gasteiger charge is -2.27. The van der Waals surface area contributed by atoms with Crippen molar-refractivity contribution in [1.82, 2.24) is 9.97 Å². The number of rotatable bonds is 4. The highest BCUT2D eigenvalue weighted by atomic mass is 32.2. The van der Waals surface area contributed by atoms with Crippen molar-refractivity contribution in [1.29, 1.82) is 0 Å². The first-order chi connectivity index (χ1) is 8.25. The van der Waals surface area contributed by atoms with Gasteiger partial charge >= 0.3 is 0 Å². The molecule has 0 aliphatic carbocycles. The SMILES string of the molecule is CC(C)CSc1cc(N2CCOCC2)ncn1. The summed E-state index contributed by atoms with van der Waals surface area (Å²) < 4.78 is 5.34. The molecule has 17 heavy (non-hydrogen) atoms. The predicted molar refractivity (Wildman–Crippen MR) is 70.6 cm³/mol. The molecule has 0 saturated carbocycles. The molecule has 0 atom stereocenters. The van der Waals surface area contributed by atoms with Crippen LogP contribution in [0.25, 0.3) is 0 Å². The fraction of sp³-hybridized carbons (Fsp3) is 0.667. The Kier molecular flexibility index (Phi) is 4.62. The van der Waals surface area contributed by atoms with E-state index in [9.17, 15) is 0 Å². The molecule has 2 heterocycles. The average Bonchev–Trinajstić information content (AvgIpc) is 2.38. The van der Waals surface area contributed by atoms with Gasteiger partial charge in [0, 0.05) is 24.9 Å². The third-order valence-electron chi connectivity index (χ3n) is 2.53. The predicted octanol–water partition coefficient (Wildman–Crippen LogP) is 2.06. The summed E-state index contributed by atoms with van der Waals surface area (Å²) in [6, 6.07) is 2.08. The Balaban J connectivity index is 2.00. The van der Waals surface area contributed by atoms with E-state index in [1.54, 1.807) is 18.1 Å². The summed E-state index contributed by atoms with van der Waals surface area (Å²) in [5.41, 5.74) is 0. The maximum atomic E-state index is 5.34. The average molecular weight is 253 g/mol. The number of morpholine rings is 1. The van der Waals surface area contributed by atoms with Crippen LogP contribution in [-0.2, 0) is 4.74 Å². The smallest absolute Gasteiger partial charge is 0.133 e. The molecule has 0 unspecified atom stereocenters. The fourth-order valence-electron chi connectivity index (χ4n) is 1.63. The summed E-state index contributed by atoms with van der Waals surface area (Å²) >= 11 is 1.80. The Morgan fingerprint density at radius 2 is 2.12 bits per heavy atom. The molecule has 1 saturated heterocycles. The van der Waals surface area contributed by atoms with Gasteiger partial charge < -0.3 is 9.64 Å². The number of anilines is 1. The van der Waals surface area contributed by atoms with Crippen molar-refractivity contribution in [3.8, 4) is 0 Å². The molecule has 1 aromatic rings. The highest BCUT2D eigenvalue weighted by Crippen LogP contribution is 2.22. The number of thioether (sulfide) groups is 1. The van der Waals surface area contributed by atoms with Gasteiger partial charge in [-0.2, -0.15) is 0 Å². The molecule has 1 fully saturated rings. The third kappa shape index (κ3) is 3.85. The van der Waals surface area contributed by atoms with E-state index in [1.807, 2.05) is 0 Å². The van der Waals surface area contributed by atoms with Crippen LogP contribution in [0.3, 0.4) is 0 Å². The molecule has 4 nitrogen and oxygen atoms in total. The van der Waals surface area contributed by atoms with Gasteiger partial charge in [-0.1, -0.05) is 13.8 Å². The summed E-state index contributed by atoms with van der Waals surface area (Å²) in [5.74, 6) is 2.80. The Morgan fingerprint density at radius 1 is 1.35 bits per heavy atom. The first kappa shape index (κ1) is 12.6. The molecular weight excluding hydrogens is 234 g/mol. The van der Waals surface area contributed by atoms with Crippen molar-refractivity contribution in [3.05, 3.63) is 12.4 Å². The van der Waals surface area contributed by atoms with Crippen LogP contribution >= 0.6 is 11.8 Å². The Hall–Kier alpha value is -0.810. The highest BCUT2D eigenvalue weighted by molar-refractivity contribution is 7.99. The molecule has 94 valence electrons. The maximum Gasteiger partial charge on any atom is 0.133 e. The molecule has 0 radical (unpaired) electrons. The molecule has 0 N–H and O–H groups in total.